The first kappa shape index (κ1) is 9.90. The maximum absolute atomic E-state index is 12.0. The van der Waals surface area contributed by atoms with Crippen LogP contribution in [0.15, 0.2) is 0 Å². The van der Waals surface area contributed by atoms with Gasteiger partial charge in [-0.25, -0.2) is 0 Å². The smallest absolute Gasteiger partial charge is 0.448 e. The van der Waals surface area contributed by atoms with Crippen LogP contribution in [0, 0.1) is 5.92 Å². The van der Waals surface area contributed by atoms with E-state index in [2.05, 4.69) is 0 Å². The zero-order chi connectivity index (χ0) is 9.19. The van der Waals surface area contributed by atoms with Crippen molar-refractivity contribution in [1.82, 2.24) is 4.90 Å². The van der Waals surface area contributed by atoms with E-state index < -0.39 is 13.4 Å². The summed E-state index contributed by atoms with van der Waals surface area (Å²) in [6.07, 6.45) is 1.30. The molecule has 0 saturated carbocycles. The molecule has 12 heavy (non-hydrogen) atoms. The lowest BCUT2D eigenvalue weighted by molar-refractivity contribution is 0.192. The van der Waals surface area contributed by atoms with Gasteiger partial charge in [0.25, 0.3) is 0 Å². The van der Waals surface area contributed by atoms with E-state index in [4.69, 9.17) is 0 Å². The molecule has 5 heteroatoms. The Bertz CT molecular complexity index is 148. The lowest BCUT2D eigenvalue weighted by Crippen LogP contribution is -2.43. The number of nitrogens with zero attached hydrogens (tertiary/aromatic N) is 1. The number of hydrogen-bond donors (Lipinski definition) is 0. The first-order valence-corrected chi connectivity index (χ1v) is 4.41. The molecule has 0 radical (unpaired) electrons. The molecule has 72 valence electrons. The van der Waals surface area contributed by atoms with E-state index in [1.807, 2.05) is 6.92 Å². The van der Waals surface area contributed by atoms with E-state index in [9.17, 15) is 12.9 Å². The topological polar surface area (TPSA) is 3.24 Å². The van der Waals surface area contributed by atoms with Gasteiger partial charge in [0.05, 0.1) is 0 Å². The number of rotatable bonds is 2. The SMILES string of the molecule is C[C@H]1CCCN(C[B-](F)(F)F)C1. The van der Waals surface area contributed by atoms with Gasteiger partial charge in [0.2, 0.25) is 0 Å². The van der Waals surface area contributed by atoms with Crippen LogP contribution in [0.2, 0.25) is 0 Å². The van der Waals surface area contributed by atoms with Crippen LogP contribution in [0.4, 0.5) is 12.9 Å². The van der Waals surface area contributed by atoms with Gasteiger partial charge in [-0.05, 0) is 38.3 Å². The molecule has 0 N–H and O–H groups in total. The molecule has 0 unspecified atom stereocenters. The van der Waals surface area contributed by atoms with Gasteiger partial charge < -0.3 is 17.8 Å². The maximum atomic E-state index is 12.0. The molecule has 0 aromatic rings. The Hall–Kier alpha value is -0.185. The monoisotopic (exact) mass is 180 g/mol. The van der Waals surface area contributed by atoms with Crippen molar-refractivity contribution in [2.24, 2.45) is 5.92 Å². The van der Waals surface area contributed by atoms with Crippen molar-refractivity contribution in [2.75, 3.05) is 19.5 Å². The highest BCUT2D eigenvalue weighted by molar-refractivity contribution is 6.58. The van der Waals surface area contributed by atoms with Crippen LogP contribution in [0.1, 0.15) is 19.8 Å². The Kier molecular flexibility index (Phi) is 3.04. The fourth-order valence-corrected chi connectivity index (χ4v) is 1.75. The normalized spacial score (nSPS) is 27.5. The molecule has 1 nitrogen and oxygen atoms in total. The molecule has 1 fully saturated rings. The quantitative estimate of drug-likeness (QED) is 0.588. The first-order chi connectivity index (χ1) is 5.47. The van der Waals surface area contributed by atoms with Crippen molar-refractivity contribution in [3.8, 4) is 0 Å². The highest BCUT2D eigenvalue weighted by Crippen LogP contribution is 2.18. The van der Waals surface area contributed by atoms with Gasteiger partial charge in [-0.1, -0.05) is 6.92 Å². The molecule has 0 aromatic carbocycles. The van der Waals surface area contributed by atoms with Gasteiger partial charge in [-0.3, -0.25) is 0 Å². The predicted molar refractivity (Wildman–Crippen MR) is 43.9 cm³/mol. The molecule has 1 saturated heterocycles. The summed E-state index contributed by atoms with van der Waals surface area (Å²) in [6.45, 7) is -1.39. The second-order valence-corrected chi connectivity index (χ2v) is 3.72. The van der Waals surface area contributed by atoms with Crippen LogP contribution < -0.4 is 0 Å². The lowest BCUT2D eigenvalue weighted by atomic mass is 9.88. The maximum Gasteiger partial charge on any atom is 0.492 e. The third kappa shape index (κ3) is 3.47. The highest BCUT2D eigenvalue weighted by Gasteiger charge is 2.28. The van der Waals surface area contributed by atoms with Crippen LogP contribution in [0.5, 0.6) is 0 Å². The van der Waals surface area contributed by atoms with E-state index >= 15 is 0 Å². The zero-order valence-electron chi connectivity index (χ0n) is 7.27. The minimum absolute atomic E-state index is 0.428. The van der Waals surface area contributed by atoms with E-state index in [0.717, 1.165) is 12.8 Å². The first-order valence-electron chi connectivity index (χ1n) is 4.41. The fourth-order valence-electron chi connectivity index (χ4n) is 1.75. The number of piperidine rings is 1. The second-order valence-electron chi connectivity index (χ2n) is 3.72. The fraction of sp³-hybridized carbons (Fsp3) is 1.00. The molecular formula is C7H14BF3N-. The van der Waals surface area contributed by atoms with E-state index in [0.29, 0.717) is 19.0 Å². The molecule has 1 aliphatic heterocycles. The van der Waals surface area contributed by atoms with Gasteiger partial charge in [0.15, 0.2) is 0 Å². The largest absolute Gasteiger partial charge is 0.492 e. The number of hydrogen-bond acceptors (Lipinski definition) is 1. The van der Waals surface area contributed by atoms with Crippen LogP contribution in [-0.4, -0.2) is 31.4 Å². The average molecular weight is 180 g/mol. The molecule has 0 amide bonds. The van der Waals surface area contributed by atoms with E-state index in [1.165, 1.54) is 4.90 Å². The Balaban J connectivity index is 2.32. The van der Waals surface area contributed by atoms with Crippen molar-refractivity contribution >= 4 is 6.98 Å². The summed E-state index contributed by atoms with van der Waals surface area (Å²) < 4.78 is 36.0. The predicted octanol–water partition coefficient (Wildman–Crippen LogP) is 2.10. The minimum atomic E-state index is -4.62. The molecule has 1 atom stereocenters. The van der Waals surface area contributed by atoms with Gasteiger partial charge in [0.1, 0.15) is 0 Å². The third-order valence-electron chi connectivity index (χ3n) is 2.21. The molecular weight excluding hydrogens is 166 g/mol. The van der Waals surface area contributed by atoms with Crippen molar-refractivity contribution in [3.63, 3.8) is 0 Å². The van der Waals surface area contributed by atoms with Crippen molar-refractivity contribution in [2.45, 2.75) is 19.8 Å². The molecule has 1 rings (SSSR count). The van der Waals surface area contributed by atoms with Gasteiger partial charge >= 0.3 is 6.98 Å². The van der Waals surface area contributed by atoms with Crippen LogP contribution in [0.25, 0.3) is 0 Å². The Morgan fingerprint density at radius 2 is 2.08 bits per heavy atom. The number of likely N-dealkylation sites (tertiary alicyclic amines) is 1. The molecule has 0 aliphatic carbocycles. The summed E-state index contributed by atoms with van der Waals surface area (Å²) in [5.74, 6) is 0.428. The second kappa shape index (κ2) is 3.68. The molecule has 0 aromatic heterocycles. The molecule has 0 bridgehead atoms. The lowest BCUT2D eigenvalue weighted by Gasteiger charge is -2.34. The molecule has 1 aliphatic rings. The highest BCUT2D eigenvalue weighted by atomic mass is 19.4. The van der Waals surface area contributed by atoms with Gasteiger partial charge in [-0.15, -0.1) is 0 Å². The summed E-state index contributed by atoms with van der Waals surface area (Å²) in [5.41, 5.74) is 0. The van der Waals surface area contributed by atoms with Gasteiger partial charge in [0, 0.05) is 0 Å². The van der Waals surface area contributed by atoms with Crippen molar-refractivity contribution < 1.29 is 12.9 Å². The minimum Gasteiger partial charge on any atom is -0.448 e. The number of halogens is 3. The summed E-state index contributed by atoms with van der Waals surface area (Å²) >= 11 is 0. The summed E-state index contributed by atoms with van der Waals surface area (Å²) in [7, 11) is 0. The van der Waals surface area contributed by atoms with Crippen LogP contribution in [0.3, 0.4) is 0 Å². The van der Waals surface area contributed by atoms with Gasteiger partial charge in [-0.2, -0.15) is 0 Å². The summed E-state index contributed by atoms with van der Waals surface area (Å²) in [4.78, 5) is 1.52. The van der Waals surface area contributed by atoms with Crippen molar-refractivity contribution in [3.05, 3.63) is 0 Å². The molecule has 1 heterocycles. The van der Waals surface area contributed by atoms with Crippen LogP contribution >= 0.6 is 0 Å². The Morgan fingerprint density at radius 1 is 1.42 bits per heavy atom. The standard InChI is InChI=1S/C7H14BF3N/c1-7-3-2-4-12(5-7)6-8(9,10)11/h7H,2-6H2,1H3/q-1/t7-/m0/s1. The third-order valence-corrected chi connectivity index (χ3v) is 2.21. The summed E-state index contributed by atoms with van der Waals surface area (Å²) in [6, 6.07) is 0. The van der Waals surface area contributed by atoms with E-state index in [1.54, 1.807) is 0 Å². The Labute approximate surface area is 71.0 Å². The van der Waals surface area contributed by atoms with Crippen molar-refractivity contribution in [1.29, 1.82) is 0 Å². The Morgan fingerprint density at radius 3 is 2.58 bits per heavy atom. The molecule has 0 spiro atoms. The summed E-state index contributed by atoms with van der Waals surface area (Å²) in [5, 5.41) is 0. The van der Waals surface area contributed by atoms with E-state index in [-0.39, 0.29) is 0 Å². The van der Waals surface area contributed by atoms with Crippen LogP contribution in [-0.2, 0) is 0 Å². The zero-order valence-corrected chi connectivity index (χ0v) is 7.27. The average Bonchev–Trinajstić information content (AvgIpc) is 1.82.